The summed E-state index contributed by atoms with van der Waals surface area (Å²) in [6, 6.07) is 9.92. The molecule has 0 amide bonds. The van der Waals surface area contributed by atoms with E-state index in [1.165, 1.54) is 19.3 Å². The van der Waals surface area contributed by atoms with Crippen LogP contribution < -0.4 is 9.47 Å². The zero-order valence-corrected chi connectivity index (χ0v) is 16.4. The third-order valence-electron chi connectivity index (χ3n) is 3.35. The van der Waals surface area contributed by atoms with E-state index in [9.17, 15) is 9.18 Å². The monoisotopic (exact) mass is 422 g/mol. The Balaban J connectivity index is 2.17. The standard InChI is InChI=1S/C20H20BrFO4/c1-13(2)26-19(23)9-8-14-10-16(21)20(18(11-14)24-3)25-12-15-6-4-5-7-17(15)22/h4-11,13H,12H2,1-3H3/b9-8+. The molecule has 0 atom stereocenters. The van der Waals surface area contributed by atoms with Gasteiger partial charge in [0, 0.05) is 11.6 Å². The van der Waals surface area contributed by atoms with Crippen molar-refractivity contribution in [3.8, 4) is 11.5 Å². The van der Waals surface area contributed by atoms with E-state index >= 15 is 0 Å². The van der Waals surface area contributed by atoms with E-state index in [-0.39, 0.29) is 18.5 Å². The SMILES string of the molecule is COc1cc(/C=C/C(=O)OC(C)C)cc(Br)c1OCc1ccccc1F. The molecule has 0 unspecified atom stereocenters. The molecule has 0 saturated carbocycles. The van der Waals surface area contributed by atoms with Gasteiger partial charge in [-0.2, -0.15) is 0 Å². The number of carbonyl (C=O) groups excluding carboxylic acids is 1. The van der Waals surface area contributed by atoms with Gasteiger partial charge in [-0.15, -0.1) is 0 Å². The summed E-state index contributed by atoms with van der Waals surface area (Å²) in [5, 5.41) is 0. The Bertz CT molecular complexity index is 802. The molecular formula is C20H20BrFO4. The van der Waals surface area contributed by atoms with Gasteiger partial charge in [-0.1, -0.05) is 18.2 Å². The first-order valence-corrected chi connectivity index (χ1v) is 8.82. The van der Waals surface area contributed by atoms with E-state index in [1.807, 2.05) is 0 Å². The molecule has 138 valence electrons. The summed E-state index contributed by atoms with van der Waals surface area (Å²) in [4.78, 5) is 11.6. The molecule has 2 aromatic carbocycles. The maximum absolute atomic E-state index is 13.7. The van der Waals surface area contributed by atoms with Crippen LogP contribution in [-0.4, -0.2) is 19.2 Å². The smallest absolute Gasteiger partial charge is 0.331 e. The highest BCUT2D eigenvalue weighted by molar-refractivity contribution is 9.10. The Morgan fingerprint density at radius 3 is 2.65 bits per heavy atom. The quantitative estimate of drug-likeness (QED) is 0.457. The van der Waals surface area contributed by atoms with Crippen LogP contribution in [0.4, 0.5) is 4.39 Å². The summed E-state index contributed by atoms with van der Waals surface area (Å²) in [7, 11) is 1.51. The van der Waals surface area contributed by atoms with Crippen molar-refractivity contribution in [1.29, 1.82) is 0 Å². The highest BCUT2D eigenvalue weighted by atomic mass is 79.9. The lowest BCUT2D eigenvalue weighted by Gasteiger charge is -2.14. The highest BCUT2D eigenvalue weighted by Gasteiger charge is 2.12. The Morgan fingerprint density at radius 2 is 2.00 bits per heavy atom. The molecule has 4 nitrogen and oxygen atoms in total. The number of ether oxygens (including phenoxy) is 3. The first-order valence-electron chi connectivity index (χ1n) is 8.03. The summed E-state index contributed by atoms with van der Waals surface area (Å²) in [6.45, 7) is 3.64. The molecule has 0 spiro atoms. The van der Waals surface area contributed by atoms with Gasteiger partial charge in [-0.3, -0.25) is 0 Å². The van der Waals surface area contributed by atoms with Crippen LogP contribution >= 0.6 is 15.9 Å². The number of carbonyl (C=O) groups is 1. The molecule has 0 radical (unpaired) electrons. The number of hydrogen-bond acceptors (Lipinski definition) is 4. The van der Waals surface area contributed by atoms with Crippen molar-refractivity contribution in [2.75, 3.05) is 7.11 Å². The Morgan fingerprint density at radius 1 is 1.27 bits per heavy atom. The lowest BCUT2D eigenvalue weighted by atomic mass is 10.2. The van der Waals surface area contributed by atoms with Gasteiger partial charge in [0.05, 0.1) is 17.7 Å². The zero-order valence-electron chi connectivity index (χ0n) is 14.8. The first-order chi connectivity index (χ1) is 12.4. The molecule has 2 aromatic rings. The van der Waals surface area contributed by atoms with Crippen molar-refractivity contribution in [3.05, 3.63) is 63.9 Å². The number of rotatable bonds is 7. The van der Waals surface area contributed by atoms with E-state index in [0.717, 1.165) is 5.56 Å². The first kappa shape index (κ1) is 20.0. The number of esters is 1. The molecule has 0 aliphatic rings. The summed E-state index contributed by atoms with van der Waals surface area (Å²) in [6.07, 6.45) is 2.79. The second-order valence-electron chi connectivity index (χ2n) is 5.73. The largest absolute Gasteiger partial charge is 0.493 e. The van der Waals surface area contributed by atoms with E-state index < -0.39 is 5.97 Å². The lowest BCUT2D eigenvalue weighted by molar-refractivity contribution is -0.141. The molecule has 6 heteroatoms. The summed E-state index contributed by atoms with van der Waals surface area (Å²) in [5.74, 6) is 0.172. The number of benzene rings is 2. The van der Waals surface area contributed by atoms with E-state index in [2.05, 4.69) is 15.9 Å². The van der Waals surface area contributed by atoms with Gasteiger partial charge in [0.2, 0.25) is 0 Å². The van der Waals surface area contributed by atoms with Gasteiger partial charge < -0.3 is 14.2 Å². The van der Waals surface area contributed by atoms with Crippen molar-refractivity contribution >= 4 is 28.0 Å². The maximum Gasteiger partial charge on any atom is 0.331 e. The normalized spacial score (nSPS) is 11.0. The fraction of sp³-hybridized carbons (Fsp3) is 0.250. The van der Waals surface area contributed by atoms with E-state index in [0.29, 0.717) is 21.5 Å². The molecule has 26 heavy (non-hydrogen) atoms. The molecule has 0 bridgehead atoms. The third-order valence-corrected chi connectivity index (χ3v) is 3.93. The Hall–Kier alpha value is -2.34. The minimum atomic E-state index is -0.421. The van der Waals surface area contributed by atoms with Crippen LogP contribution in [0.3, 0.4) is 0 Å². The second-order valence-corrected chi connectivity index (χ2v) is 6.59. The van der Waals surface area contributed by atoms with E-state index in [4.69, 9.17) is 14.2 Å². The molecular weight excluding hydrogens is 403 g/mol. The minimum absolute atomic E-state index is 0.0670. The fourth-order valence-corrected chi connectivity index (χ4v) is 2.75. The van der Waals surface area contributed by atoms with Crippen LogP contribution in [0.5, 0.6) is 11.5 Å². The molecule has 0 saturated heterocycles. The maximum atomic E-state index is 13.7. The molecule has 0 aliphatic carbocycles. The highest BCUT2D eigenvalue weighted by Crippen LogP contribution is 2.37. The van der Waals surface area contributed by atoms with Crippen LogP contribution in [0.15, 0.2) is 46.9 Å². The fourth-order valence-electron chi connectivity index (χ4n) is 2.18. The number of halogens is 2. The summed E-state index contributed by atoms with van der Waals surface area (Å²) >= 11 is 3.43. The summed E-state index contributed by atoms with van der Waals surface area (Å²) in [5.41, 5.74) is 1.18. The molecule has 2 rings (SSSR count). The van der Waals surface area contributed by atoms with E-state index in [1.54, 1.807) is 50.3 Å². The predicted octanol–water partition coefficient (Wildman–Crippen LogP) is 5.14. The molecule has 0 aromatic heterocycles. The summed E-state index contributed by atoms with van der Waals surface area (Å²) < 4.78 is 30.5. The second kappa shape index (κ2) is 9.38. The molecule has 0 aliphatic heterocycles. The molecule has 0 fully saturated rings. The van der Waals surface area contributed by atoms with Gasteiger partial charge >= 0.3 is 5.97 Å². The van der Waals surface area contributed by atoms with Gasteiger partial charge in [-0.05, 0) is 59.6 Å². The van der Waals surface area contributed by atoms with Gasteiger partial charge in [-0.25, -0.2) is 9.18 Å². The molecule has 0 heterocycles. The van der Waals surface area contributed by atoms with Crippen LogP contribution in [-0.2, 0) is 16.1 Å². The van der Waals surface area contributed by atoms with Crippen LogP contribution in [0.25, 0.3) is 6.08 Å². The average Bonchev–Trinajstić information content (AvgIpc) is 2.59. The van der Waals surface area contributed by atoms with Crippen LogP contribution in [0.1, 0.15) is 25.0 Å². The average molecular weight is 423 g/mol. The Labute approximate surface area is 160 Å². The zero-order chi connectivity index (χ0) is 19.1. The van der Waals surface area contributed by atoms with Crippen molar-refractivity contribution < 1.29 is 23.4 Å². The lowest BCUT2D eigenvalue weighted by Crippen LogP contribution is -2.08. The van der Waals surface area contributed by atoms with Gasteiger partial charge in [0.25, 0.3) is 0 Å². The minimum Gasteiger partial charge on any atom is -0.493 e. The van der Waals surface area contributed by atoms with Crippen LogP contribution in [0, 0.1) is 5.82 Å². The van der Waals surface area contributed by atoms with Crippen molar-refractivity contribution in [2.45, 2.75) is 26.6 Å². The van der Waals surface area contributed by atoms with Crippen molar-refractivity contribution in [3.63, 3.8) is 0 Å². The predicted molar refractivity (Wildman–Crippen MR) is 102 cm³/mol. The number of hydrogen-bond donors (Lipinski definition) is 0. The topological polar surface area (TPSA) is 44.8 Å². The molecule has 0 N–H and O–H groups in total. The van der Waals surface area contributed by atoms with Crippen molar-refractivity contribution in [1.82, 2.24) is 0 Å². The Kier molecular flexibility index (Phi) is 7.21. The number of methoxy groups -OCH3 is 1. The third kappa shape index (κ3) is 5.59. The van der Waals surface area contributed by atoms with Gasteiger partial charge in [0.15, 0.2) is 11.5 Å². The van der Waals surface area contributed by atoms with Crippen molar-refractivity contribution in [2.24, 2.45) is 0 Å². The van der Waals surface area contributed by atoms with Crippen LogP contribution in [0.2, 0.25) is 0 Å². The van der Waals surface area contributed by atoms with Gasteiger partial charge in [0.1, 0.15) is 12.4 Å².